The minimum Gasteiger partial charge on any atom is -0.389 e. The minimum atomic E-state index is -0.572. The molecule has 3 unspecified atom stereocenters. The second-order valence-corrected chi connectivity index (χ2v) is 7.01. The van der Waals surface area contributed by atoms with Gasteiger partial charge in [-0.1, -0.05) is 50.1 Å². The Morgan fingerprint density at radius 3 is 2.61 bits per heavy atom. The van der Waals surface area contributed by atoms with Gasteiger partial charge in [-0.25, -0.2) is 0 Å². The molecule has 3 rings (SSSR count). The van der Waals surface area contributed by atoms with Gasteiger partial charge in [0.15, 0.2) is 0 Å². The first kappa shape index (κ1) is 18.7. The lowest BCUT2D eigenvalue weighted by molar-refractivity contribution is -0.0775. The van der Waals surface area contributed by atoms with Gasteiger partial charge in [0.2, 0.25) is 0 Å². The molecule has 0 amide bonds. The lowest BCUT2D eigenvalue weighted by atomic mass is 9.66. The molecular formula is C19H30ClNO2. The fraction of sp³-hybridized carbons (Fsp3) is 0.684. The molecule has 1 aliphatic carbocycles. The van der Waals surface area contributed by atoms with Crippen molar-refractivity contribution in [1.29, 1.82) is 0 Å². The van der Waals surface area contributed by atoms with Crippen LogP contribution in [-0.4, -0.2) is 48.5 Å². The van der Waals surface area contributed by atoms with Crippen LogP contribution >= 0.6 is 12.4 Å². The summed E-state index contributed by atoms with van der Waals surface area (Å²) in [5.74, 6) is 0.564. The molecule has 1 aliphatic heterocycles. The molecule has 1 aromatic carbocycles. The van der Waals surface area contributed by atoms with Crippen LogP contribution in [0.15, 0.2) is 30.3 Å². The van der Waals surface area contributed by atoms with Crippen molar-refractivity contribution in [3.8, 4) is 0 Å². The summed E-state index contributed by atoms with van der Waals surface area (Å²) in [4.78, 5) is 2.45. The van der Waals surface area contributed by atoms with E-state index in [1.807, 2.05) is 0 Å². The molecule has 3 atom stereocenters. The summed E-state index contributed by atoms with van der Waals surface area (Å²) in [6.45, 7) is 6.85. The van der Waals surface area contributed by atoms with Crippen molar-refractivity contribution in [2.24, 2.45) is 5.92 Å². The Hall–Kier alpha value is -0.610. The Bertz CT molecular complexity index is 464. The summed E-state index contributed by atoms with van der Waals surface area (Å²) in [5.41, 5.74) is 0.733. The zero-order chi connectivity index (χ0) is 15.4. The van der Waals surface area contributed by atoms with Gasteiger partial charge < -0.3 is 9.84 Å². The second kappa shape index (κ2) is 8.48. The third kappa shape index (κ3) is 4.27. The largest absolute Gasteiger partial charge is 0.389 e. The molecule has 1 saturated carbocycles. The van der Waals surface area contributed by atoms with Crippen molar-refractivity contribution in [3.05, 3.63) is 35.9 Å². The highest BCUT2D eigenvalue weighted by Crippen LogP contribution is 2.45. The van der Waals surface area contributed by atoms with Crippen molar-refractivity contribution in [2.45, 2.75) is 44.1 Å². The van der Waals surface area contributed by atoms with Crippen LogP contribution in [0.25, 0.3) is 0 Å². The van der Waals surface area contributed by atoms with E-state index in [-0.39, 0.29) is 24.2 Å². The van der Waals surface area contributed by atoms with Gasteiger partial charge in [-0.3, -0.25) is 4.90 Å². The van der Waals surface area contributed by atoms with E-state index in [2.05, 4.69) is 42.2 Å². The van der Waals surface area contributed by atoms with Crippen molar-refractivity contribution in [3.63, 3.8) is 0 Å². The molecule has 23 heavy (non-hydrogen) atoms. The summed E-state index contributed by atoms with van der Waals surface area (Å²) in [7, 11) is 0. The number of benzene rings is 1. The van der Waals surface area contributed by atoms with E-state index in [9.17, 15) is 5.11 Å². The van der Waals surface area contributed by atoms with E-state index in [4.69, 9.17) is 4.74 Å². The number of rotatable bonds is 4. The Kier molecular flexibility index (Phi) is 6.90. The van der Waals surface area contributed by atoms with E-state index >= 15 is 0 Å². The number of hydrogen-bond acceptors (Lipinski definition) is 3. The molecule has 0 spiro atoms. The quantitative estimate of drug-likeness (QED) is 0.911. The summed E-state index contributed by atoms with van der Waals surface area (Å²) < 4.78 is 5.44. The van der Waals surface area contributed by atoms with Crippen molar-refractivity contribution < 1.29 is 9.84 Å². The molecule has 0 bridgehead atoms. The predicted molar refractivity (Wildman–Crippen MR) is 96.3 cm³/mol. The van der Waals surface area contributed by atoms with Gasteiger partial charge in [0.25, 0.3) is 0 Å². The summed E-state index contributed by atoms with van der Waals surface area (Å²) >= 11 is 0. The van der Waals surface area contributed by atoms with Gasteiger partial charge in [0.05, 0.1) is 18.8 Å². The molecule has 130 valence electrons. The Morgan fingerprint density at radius 2 is 1.91 bits per heavy atom. The van der Waals surface area contributed by atoms with Crippen molar-refractivity contribution >= 4 is 12.4 Å². The van der Waals surface area contributed by atoms with Crippen LogP contribution in [0.4, 0.5) is 0 Å². The van der Waals surface area contributed by atoms with Crippen molar-refractivity contribution in [2.75, 3.05) is 32.8 Å². The lowest BCUT2D eigenvalue weighted by Gasteiger charge is -2.46. The van der Waals surface area contributed by atoms with Gasteiger partial charge in [0, 0.05) is 25.6 Å². The maximum atomic E-state index is 11.5. The first-order valence-electron chi connectivity index (χ1n) is 8.77. The van der Waals surface area contributed by atoms with Crippen LogP contribution in [0, 0.1) is 5.92 Å². The Balaban J connectivity index is 0.00000192. The third-order valence-corrected chi connectivity index (χ3v) is 5.61. The molecule has 1 N–H and O–H groups in total. The van der Waals surface area contributed by atoms with E-state index < -0.39 is 5.60 Å². The number of nitrogens with zero attached hydrogens (tertiary/aromatic N) is 1. The zero-order valence-corrected chi connectivity index (χ0v) is 14.9. The van der Waals surface area contributed by atoms with Gasteiger partial charge in [-0.05, 0) is 24.3 Å². The molecular weight excluding hydrogens is 310 g/mol. The highest BCUT2D eigenvalue weighted by molar-refractivity contribution is 5.85. The SMILES string of the molecule is CC(CN1CCOCC1)C1(O)CCCCC1c1ccccc1.Cl. The zero-order valence-electron chi connectivity index (χ0n) is 14.1. The Labute approximate surface area is 146 Å². The molecule has 0 aromatic heterocycles. The first-order valence-corrected chi connectivity index (χ1v) is 8.77. The summed E-state index contributed by atoms with van der Waals surface area (Å²) in [6.07, 6.45) is 4.41. The number of morpholine rings is 1. The summed E-state index contributed by atoms with van der Waals surface area (Å²) in [6, 6.07) is 10.6. The van der Waals surface area contributed by atoms with Gasteiger partial charge >= 0.3 is 0 Å². The van der Waals surface area contributed by atoms with Crippen LogP contribution in [0.3, 0.4) is 0 Å². The van der Waals surface area contributed by atoms with Crippen LogP contribution < -0.4 is 0 Å². The molecule has 2 fully saturated rings. The van der Waals surface area contributed by atoms with Crippen molar-refractivity contribution in [1.82, 2.24) is 4.90 Å². The predicted octanol–water partition coefficient (Wildman–Crippen LogP) is 3.47. The highest BCUT2D eigenvalue weighted by Gasteiger charge is 2.44. The number of aliphatic hydroxyl groups is 1. The Morgan fingerprint density at radius 1 is 1.22 bits per heavy atom. The van der Waals surface area contributed by atoms with Gasteiger partial charge in [-0.2, -0.15) is 0 Å². The van der Waals surface area contributed by atoms with Crippen LogP contribution in [0.1, 0.15) is 44.1 Å². The smallest absolute Gasteiger partial charge is 0.0753 e. The van der Waals surface area contributed by atoms with E-state index in [0.29, 0.717) is 0 Å². The maximum absolute atomic E-state index is 11.5. The normalized spacial score (nSPS) is 30.4. The molecule has 1 saturated heterocycles. The number of hydrogen-bond donors (Lipinski definition) is 1. The highest BCUT2D eigenvalue weighted by atomic mass is 35.5. The van der Waals surface area contributed by atoms with Crippen LogP contribution in [0.5, 0.6) is 0 Å². The topological polar surface area (TPSA) is 32.7 Å². The average molecular weight is 340 g/mol. The lowest BCUT2D eigenvalue weighted by Crippen LogP contribution is -2.50. The maximum Gasteiger partial charge on any atom is 0.0753 e. The molecule has 4 heteroatoms. The van der Waals surface area contributed by atoms with Gasteiger partial charge in [0.1, 0.15) is 0 Å². The number of ether oxygens (including phenoxy) is 1. The molecule has 0 radical (unpaired) electrons. The monoisotopic (exact) mass is 339 g/mol. The molecule has 1 heterocycles. The van der Waals surface area contributed by atoms with E-state index in [1.54, 1.807) is 0 Å². The van der Waals surface area contributed by atoms with Crippen LogP contribution in [0.2, 0.25) is 0 Å². The summed E-state index contributed by atoms with van der Waals surface area (Å²) in [5, 5.41) is 11.5. The average Bonchev–Trinajstić information content (AvgIpc) is 2.57. The number of halogens is 1. The second-order valence-electron chi connectivity index (χ2n) is 7.01. The molecule has 2 aliphatic rings. The molecule has 1 aromatic rings. The third-order valence-electron chi connectivity index (χ3n) is 5.61. The fourth-order valence-electron chi connectivity index (χ4n) is 4.24. The van der Waals surface area contributed by atoms with E-state index in [0.717, 1.165) is 52.1 Å². The molecule has 3 nitrogen and oxygen atoms in total. The first-order chi connectivity index (χ1) is 10.7. The van der Waals surface area contributed by atoms with E-state index in [1.165, 1.54) is 12.0 Å². The standard InChI is InChI=1S/C19H29NO2.ClH/c1-16(15-20-11-13-22-14-12-20)19(21)10-6-5-9-18(19)17-7-3-2-4-8-17;/h2-4,7-8,16,18,21H,5-6,9-15H2,1H3;1H. The van der Waals surface area contributed by atoms with Gasteiger partial charge in [-0.15, -0.1) is 12.4 Å². The van der Waals surface area contributed by atoms with Crippen LogP contribution in [-0.2, 0) is 4.74 Å². The minimum absolute atomic E-state index is 0. The fourth-order valence-corrected chi connectivity index (χ4v) is 4.24.